The molecule has 0 bridgehead atoms. The van der Waals surface area contributed by atoms with Gasteiger partial charge < -0.3 is 20.1 Å². The summed E-state index contributed by atoms with van der Waals surface area (Å²) in [4.78, 5) is 34.8. The summed E-state index contributed by atoms with van der Waals surface area (Å²) in [5.74, 6) is -0.852. The van der Waals surface area contributed by atoms with E-state index in [1.165, 1.54) is 89.9 Å². The van der Waals surface area contributed by atoms with Gasteiger partial charge in [-0.05, 0) is 51.4 Å². The average molecular weight is 742 g/mol. The molecular weight excluding hydrogens is 665 g/mol. The molecule has 0 heterocycles. The zero-order valence-electron chi connectivity index (χ0n) is 32.6. The molecule has 0 aromatic rings. The molecule has 0 saturated carbocycles. The lowest BCUT2D eigenvalue weighted by Crippen LogP contribution is -2.29. The predicted octanol–water partition coefficient (Wildman–Crippen LogP) is 11.4. The van der Waals surface area contributed by atoms with Crippen molar-refractivity contribution >= 4 is 19.8 Å². The fourth-order valence-electron chi connectivity index (χ4n) is 5.46. The number of hydrogen-bond donors (Lipinski definition) is 2. The molecular formula is C41H76NO8P. The van der Waals surface area contributed by atoms with Gasteiger partial charge in [-0.15, -0.1) is 0 Å². The Kier molecular flexibility index (Phi) is 36.7. The molecule has 0 aliphatic carbocycles. The summed E-state index contributed by atoms with van der Waals surface area (Å²) in [5, 5.41) is 0. The van der Waals surface area contributed by atoms with Crippen LogP contribution in [0.5, 0.6) is 0 Å². The topological polar surface area (TPSA) is 134 Å². The number of allylic oxidation sites excluding steroid dienone is 6. The van der Waals surface area contributed by atoms with E-state index in [9.17, 15) is 19.0 Å². The molecule has 0 rings (SSSR count). The van der Waals surface area contributed by atoms with Gasteiger partial charge in [-0.25, -0.2) is 4.57 Å². The van der Waals surface area contributed by atoms with Gasteiger partial charge in [-0.1, -0.05) is 153 Å². The predicted molar refractivity (Wildman–Crippen MR) is 210 cm³/mol. The highest BCUT2D eigenvalue weighted by Gasteiger charge is 2.26. The smallest absolute Gasteiger partial charge is 0.462 e. The molecule has 0 aromatic heterocycles. The summed E-state index contributed by atoms with van der Waals surface area (Å²) in [6.07, 6.45) is 40.2. The maximum Gasteiger partial charge on any atom is 0.472 e. The summed E-state index contributed by atoms with van der Waals surface area (Å²) in [5.41, 5.74) is 5.34. The van der Waals surface area contributed by atoms with Crippen molar-refractivity contribution in [2.75, 3.05) is 26.4 Å². The van der Waals surface area contributed by atoms with Crippen molar-refractivity contribution in [2.24, 2.45) is 5.73 Å². The van der Waals surface area contributed by atoms with Gasteiger partial charge in [-0.2, -0.15) is 0 Å². The van der Waals surface area contributed by atoms with Crippen LogP contribution in [0, 0.1) is 0 Å². The number of carbonyl (C=O) groups is 2. The zero-order valence-corrected chi connectivity index (χ0v) is 33.5. The van der Waals surface area contributed by atoms with Crippen LogP contribution in [0.15, 0.2) is 36.5 Å². The van der Waals surface area contributed by atoms with Gasteiger partial charge in [0.2, 0.25) is 0 Å². The Morgan fingerprint density at radius 3 is 1.55 bits per heavy atom. The first kappa shape index (κ1) is 49.2. The molecule has 3 N–H and O–H groups in total. The second-order valence-electron chi connectivity index (χ2n) is 13.5. The number of esters is 2. The number of phosphoric ester groups is 1. The van der Waals surface area contributed by atoms with Gasteiger partial charge in [0, 0.05) is 19.4 Å². The van der Waals surface area contributed by atoms with Crippen LogP contribution in [-0.2, 0) is 32.7 Å². The summed E-state index contributed by atoms with van der Waals surface area (Å²) in [6, 6.07) is 0. The van der Waals surface area contributed by atoms with Crippen LogP contribution in [-0.4, -0.2) is 49.3 Å². The summed E-state index contributed by atoms with van der Waals surface area (Å²) in [7, 11) is -4.38. The summed E-state index contributed by atoms with van der Waals surface area (Å²) in [6.45, 7) is 3.67. The Morgan fingerprint density at radius 1 is 0.588 bits per heavy atom. The van der Waals surface area contributed by atoms with Gasteiger partial charge in [-0.3, -0.25) is 18.6 Å². The molecule has 0 radical (unpaired) electrons. The van der Waals surface area contributed by atoms with E-state index in [0.29, 0.717) is 12.8 Å². The van der Waals surface area contributed by atoms with Crippen molar-refractivity contribution in [3.63, 3.8) is 0 Å². The first-order valence-corrected chi connectivity index (χ1v) is 22.0. The van der Waals surface area contributed by atoms with Crippen molar-refractivity contribution in [3.05, 3.63) is 36.5 Å². The molecule has 0 saturated heterocycles. The summed E-state index contributed by atoms with van der Waals surface area (Å²) < 4.78 is 32.7. The van der Waals surface area contributed by atoms with Gasteiger partial charge in [0.05, 0.1) is 13.2 Å². The first-order chi connectivity index (χ1) is 24.8. The standard InChI is InChI=1S/C41H76NO8P/c1-3-5-7-9-11-13-15-17-18-19-20-22-23-25-27-29-31-33-40(43)47-37-39(38-49-51(45,46)48-36-35-42)50-41(44)34-32-30-28-26-24-21-16-14-12-10-8-6-4-2/h11,13,17-18,20,22,39H,3-10,12,14-16,19,21,23-38,42H2,1-2H3,(H,45,46)/b13-11-,18-17-,22-20-/t39-/m1/s1. The van der Waals surface area contributed by atoms with Crippen molar-refractivity contribution in [1.82, 2.24) is 0 Å². The first-order valence-electron chi connectivity index (χ1n) is 20.5. The second kappa shape index (κ2) is 38.0. The number of rotatable bonds is 38. The van der Waals surface area contributed by atoms with Crippen LogP contribution in [0.2, 0.25) is 0 Å². The van der Waals surface area contributed by atoms with E-state index in [1.54, 1.807) is 0 Å². The molecule has 1 unspecified atom stereocenters. The number of unbranched alkanes of at least 4 members (excludes halogenated alkanes) is 19. The second-order valence-corrected chi connectivity index (χ2v) is 15.0. The normalized spacial score (nSPS) is 13.7. The number of carbonyl (C=O) groups excluding carboxylic acids is 2. The maximum atomic E-state index is 12.5. The molecule has 0 aromatic carbocycles. The van der Waals surface area contributed by atoms with E-state index in [2.05, 4.69) is 50.3 Å². The van der Waals surface area contributed by atoms with Crippen LogP contribution in [0.25, 0.3) is 0 Å². The van der Waals surface area contributed by atoms with Crippen LogP contribution >= 0.6 is 7.82 Å². The van der Waals surface area contributed by atoms with Crippen molar-refractivity contribution in [2.45, 2.75) is 187 Å². The molecule has 0 amide bonds. The van der Waals surface area contributed by atoms with E-state index in [4.69, 9.17) is 24.3 Å². The van der Waals surface area contributed by atoms with Crippen LogP contribution in [0.4, 0.5) is 0 Å². The van der Waals surface area contributed by atoms with E-state index in [1.807, 2.05) is 0 Å². The van der Waals surface area contributed by atoms with Crippen molar-refractivity contribution in [3.8, 4) is 0 Å². The fourth-order valence-corrected chi connectivity index (χ4v) is 6.23. The zero-order chi connectivity index (χ0) is 37.5. The van der Waals surface area contributed by atoms with Gasteiger partial charge in [0.25, 0.3) is 0 Å². The third-order valence-electron chi connectivity index (χ3n) is 8.53. The highest BCUT2D eigenvalue weighted by atomic mass is 31.2. The monoisotopic (exact) mass is 742 g/mol. The summed E-state index contributed by atoms with van der Waals surface area (Å²) >= 11 is 0. The maximum absolute atomic E-state index is 12.5. The molecule has 0 fully saturated rings. The Bertz CT molecular complexity index is 939. The number of phosphoric acid groups is 1. The lowest BCUT2D eigenvalue weighted by molar-refractivity contribution is -0.161. The van der Waals surface area contributed by atoms with Crippen LogP contribution < -0.4 is 5.73 Å². The molecule has 51 heavy (non-hydrogen) atoms. The lowest BCUT2D eigenvalue weighted by atomic mass is 10.0. The highest BCUT2D eigenvalue weighted by Crippen LogP contribution is 2.43. The van der Waals surface area contributed by atoms with E-state index >= 15 is 0 Å². The van der Waals surface area contributed by atoms with Gasteiger partial charge in [0.1, 0.15) is 6.61 Å². The average Bonchev–Trinajstić information content (AvgIpc) is 3.11. The highest BCUT2D eigenvalue weighted by molar-refractivity contribution is 7.47. The molecule has 0 spiro atoms. The minimum Gasteiger partial charge on any atom is -0.462 e. The molecule has 9 nitrogen and oxygen atoms in total. The lowest BCUT2D eigenvalue weighted by Gasteiger charge is -2.19. The van der Waals surface area contributed by atoms with Crippen molar-refractivity contribution < 1.29 is 37.6 Å². The molecule has 2 atom stereocenters. The third-order valence-corrected chi connectivity index (χ3v) is 9.51. The minimum absolute atomic E-state index is 0.0505. The third kappa shape index (κ3) is 37.8. The van der Waals surface area contributed by atoms with Crippen LogP contribution in [0.1, 0.15) is 181 Å². The van der Waals surface area contributed by atoms with Crippen molar-refractivity contribution in [1.29, 1.82) is 0 Å². The van der Waals surface area contributed by atoms with Gasteiger partial charge in [0.15, 0.2) is 6.10 Å². The Hall–Kier alpha value is -1.77. The molecule has 298 valence electrons. The fraction of sp³-hybridized carbons (Fsp3) is 0.805. The van der Waals surface area contributed by atoms with Crippen LogP contribution in [0.3, 0.4) is 0 Å². The minimum atomic E-state index is -4.38. The number of hydrogen-bond acceptors (Lipinski definition) is 8. The largest absolute Gasteiger partial charge is 0.472 e. The SMILES string of the molecule is CCCCC/C=C\C/C=C\C/C=C\CCCCCCC(=O)OC[C@H](COP(=O)(O)OCCN)OC(=O)CCCCCCCCCCCCCCC. The Balaban J connectivity index is 4.22. The number of ether oxygens (including phenoxy) is 2. The van der Waals surface area contributed by atoms with E-state index in [-0.39, 0.29) is 32.6 Å². The Labute approximate surface area is 312 Å². The molecule has 0 aliphatic heterocycles. The van der Waals surface area contributed by atoms with E-state index < -0.39 is 32.5 Å². The molecule has 0 aliphatic rings. The number of nitrogens with two attached hydrogens (primary N) is 1. The van der Waals surface area contributed by atoms with Gasteiger partial charge >= 0.3 is 19.8 Å². The quantitative estimate of drug-likeness (QED) is 0.0274. The molecule has 10 heteroatoms. The Morgan fingerprint density at radius 2 is 1.02 bits per heavy atom. The van der Waals surface area contributed by atoms with E-state index in [0.717, 1.165) is 51.4 Å².